The van der Waals surface area contributed by atoms with Crippen molar-refractivity contribution in [1.82, 2.24) is 0 Å². The van der Waals surface area contributed by atoms with Crippen LogP contribution < -0.4 is 5.11 Å². The molecule has 0 rings (SSSR count). The van der Waals surface area contributed by atoms with Crippen molar-refractivity contribution in [3.05, 3.63) is 85.1 Å². The highest BCUT2D eigenvalue weighted by molar-refractivity contribution is 5.70. The molecule has 0 aromatic rings. The van der Waals surface area contributed by atoms with Gasteiger partial charge in [0.2, 0.25) is 0 Å². The highest BCUT2D eigenvalue weighted by atomic mass is 16.7. The van der Waals surface area contributed by atoms with Crippen LogP contribution in [-0.4, -0.2) is 82.3 Å². The minimum Gasteiger partial charge on any atom is -0.545 e. The van der Waals surface area contributed by atoms with Gasteiger partial charge in [0, 0.05) is 12.8 Å². The Hall–Kier alpha value is -3.53. The first kappa shape index (κ1) is 83.5. The van der Waals surface area contributed by atoms with E-state index in [2.05, 4.69) is 98.9 Å². The Morgan fingerprint density at radius 1 is 0.356 bits per heavy atom. The summed E-state index contributed by atoms with van der Waals surface area (Å²) in [5.74, 6) is -2.27. The van der Waals surface area contributed by atoms with Crippen molar-refractivity contribution in [3.63, 3.8) is 0 Å². The minimum atomic E-state index is -1.63. The van der Waals surface area contributed by atoms with E-state index < -0.39 is 24.3 Å². The van der Waals surface area contributed by atoms with Gasteiger partial charge in [0.25, 0.3) is 0 Å². The SMILES string of the molecule is CC/C=C\C/C=C\C/C=C\C/C=C\C/C=C\C/C=C\C/C=C\CCCCCCCCCCCCCC(=O)OC(COC(=O)CCCCCCCCCCCCCCCCCCCCCCCCCCCCCCC)COC(OCC[N+](C)(C)C)C(=O)[O-]. The minimum absolute atomic E-state index is 0.146. The molecule has 2 atom stereocenters. The summed E-state index contributed by atoms with van der Waals surface area (Å²) in [5, 5.41) is 11.8. The van der Waals surface area contributed by atoms with Gasteiger partial charge in [0.15, 0.2) is 12.4 Å². The van der Waals surface area contributed by atoms with Crippen molar-refractivity contribution in [1.29, 1.82) is 0 Å². The molecule has 2 unspecified atom stereocenters. The molecular weight excluding hydrogens is 1080 g/mol. The first-order chi connectivity index (χ1) is 42.6. The Balaban J connectivity index is 4.09. The molecule has 9 heteroatoms. The van der Waals surface area contributed by atoms with E-state index in [1.807, 2.05) is 21.1 Å². The lowest BCUT2D eigenvalue weighted by Crippen LogP contribution is -2.44. The van der Waals surface area contributed by atoms with Crippen LogP contribution in [0.3, 0.4) is 0 Å². The standard InChI is InChI=1S/C78H139NO8/c1-6-8-10-12-14-16-18-20-22-24-26-28-30-32-34-36-37-38-39-41-43-45-47-49-51-53-55-57-59-61-63-65-67-69-76(81)87-74(73-86-78(77(82)83)84-71-70-79(3,4)5)72-85-75(80)68-66-64-62-60-58-56-54-52-50-48-46-44-42-40-35-33-31-29-27-25-23-21-19-17-15-13-11-9-7-2/h8,10,14,16,20,22,26,28,32,34,37-38,41,43,74,78H,6-7,9,11-13,15,17-19,21,23-25,27,29-31,33,35-36,39-40,42,44-73H2,1-5H3/b10-8-,16-14-,22-20-,28-26-,34-32-,38-37-,43-41-. The quantitative estimate of drug-likeness (QED) is 0.0195. The molecule has 0 N–H and O–H groups in total. The molecule has 0 radical (unpaired) electrons. The van der Waals surface area contributed by atoms with Gasteiger partial charge in [-0.2, -0.15) is 0 Å². The van der Waals surface area contributed by atoms with Crippen LogP contribution in [0.25, 0.3) is 0 Å². The molecule has 0 aliphatic heterocycles. The highest BCUT2D eigenvalue weighted by Crippen LogP contribution is 2.18. The second kappa shape index (κ2) is 68.4. The van der Waals surface area contributed by atoms with Crippen molar-refractivity contribution < 1.29 is 42.9 Å². The number of allylic oxidation sites excluding steroid dienone is 14. The molecule has 0 aromatic heterocycles. The highest BCUT2D eigenvalue weighted by Gasteiger charge is 2.22. The number of carboxylic acid groups (broad SMARTS) is 1. The Morgan fingerprint density at radius 3 is 0.977 bits per heavy atom. The fourth-order valence-corrected chi connectivity index (χ4v) is 10.6. The second-order valence-corrected chi connectivity index (χ2v) is 25.9. The third kappa shape index (κ3) is 69.8. The maximum Gasteiger partial charge on any atom is 0.306 e. The fourth-order valence-electron chi connectivity index (χ4n) is 10.6. The lowest BCUT2D eigenvalue weighted by Gasteiger charge is -2.26. The van der Waals surface area contributed by atoms with Crippen molar-refractivity contribution in [3.8, 4) is 0 Å². The van der Waals surface area contributed by atoms with Gasteiger partial charge in [-0.25, -0.2) is 0 Å². The van der Waals surface area contributed by atoms with Gasteiger partial charge in [-0.05, 0) is 70.6 Å². The molecule has 0 aliphatic carbocycles. The molecular formula is C78H139NO8. The van der Waals surface area contributed by atoms with Crippen LogP contribution in [0.1, 0.15) is 335 Å². The lowest BCUT2D eigenvalue weighted by atomic mass is 10.0. The largest absolute Gasteiger partial charge is 0.545 e. The summed E-state index contributed by atoms with van der Waals surface area (Å²) >= 11 is 0. The number of hydrogen-bond acceptors (Lipinski definition) is 8. The summed E-state index contributed by atoms with van der Waals surface area (Å²) < 4.78 is 22.8. The van der Waals surface area contributed by atoms with Crippen molar-refractivity contribution in [2.24, 2.45) is 0 Å². The summed E-state index contributed by atoms with van der Waals surface area (Å²) in [5.41, 5.74) is 0. The Labute approximate surface area is 538 Å². The van der Waals surface area contributed by atoms with Crippen molar-refractivity contribution >= 4 is 17.9 Å². The smallest absolute Gasteiger partial charge is 0.306 e. The summed E-state index contributed by atoms with van der Waals surface area (Å²) in [6.45, 7) is 4.68. The van der Waals surface area contributed by atoms with Gasteiger partial charge < -0.3 is 33.3 Å². The third-order valence-corrected chi connectivity index (χ3v) is 16.2. The number of likely N-dealkylation sites (N-methyl/N-ethyl adjacent to an activating group) is 1. The second-order valence-electron chi connectivity index (χ2n) is 25.9. The third-order valence-electron chi connectivity index (χ3n) is 16.2. The molecule has 0 saturated heterocycles. The number of unbranched alkanes of at least 4 members (excludes halogenated alkanes) is 39. The van der Waals surface area contributed by atoms with Crippen molar-refractivity contribution in [2.75, 3.05) is 47.5 Å². The number of carboxylic acids is 1. The van der Waals surface area contributed by atoms with Crippen LogP contribution in [0.5, 0.6) is 0 Å². The van der Waals surface area contributed by atoms with E-state index in [9.17, 15) is 19.5 Å². The van der Waals surface area contributed by atoms with E-state index >= 15 is 0 Å². The molecule has 0 saturated carbocycles. The lowest BCUT2D eigenvalue weighted by molar-refractivity contribution is -0.870. The number of carbonyl (C=O) groups is 3. The zero-order valence-corrected chi connectivity index (χ0v) is 57.6. The van der Waals surface area contributed by atoms with Gasteiger partial charge >= 0.3 is 11.9 Å². The molecule has 0 heterocycles. The van der Waals surface area contributed by atoms with Crippen LogP contribution in [0.4, 0.5) is 0 Å². The summed E-state index contributed by atoms with van der Waals surface area (Å²) in [7, 11) is 5.94. The van der Waals surface area contributed by atoms with Gasteiger partial charge in [-0.15, -0.1) is 0 Å². The molecule has 9 nitrogen and oxygen atoms in total. The van der Waals surface area contributed by atoms with Gasteiger partial charge in [-0.1, -0.05) is 336 Å². The number of aliphatic carboxylic acids is 1. The zero-order valence-electron chi connectivity index (χ0n) is 57.6. The maximum atomic E-state index is 12.9. The Morgan fingerprint density at radius 2 is 0.655 bits per heavy atom. The first-order valence-corrected chi connectivity index (χ1v) is 36.7. The summed E-state index contributed by atoms with van der Waals surface area (Å²) in [4.78, 5) is 37.5. The number of nitrogens with zero attached hydrogens (tertiary/aromatic N) is 1. The first-order valence-electron chi connectivity index (χ1n) is 36.7. The average molecular weight is 1220 g/mol. The predicted molar refractivity (Wildman–Crippen MR) is 371 cm³/mol. The van der Waals surface area contributed by atoms with Gasteiger partial charge in [-0.3, -0.25) is 9.59 Å². The van der Waals surface area contributed by atoms with Crippen LogP contribution in [-0.2, 0) is 33.3 Å². The predicted octanol–water partition coefficient (Wildman–Crippen LogP) is 21.7. The molecule has 0 fully saturated rings. The zero-order chi connectivity index (χ0) is 63.3. The van der Waals surface area contributed by atoms with Crippen LogP contribution >= 0.6 is 0 Å². The molecule has 0 spiro atoms. The Bertz CT molecular complexity index is 1700. The van der Waals surface area contributed by atoms with Crippen LogP contribution in [0.15, 0.2) is 85.1 Å². The van der Waals surface area contributed by atoms with E-state index in [0.29, 0.717) is 23.9 Å². The van der Waals surface area contributed by atoms with E-state index in [0.717, 1.165) is 89.9 Å². The average Bonchev–Trinajstić information content (AvgIpc) is 3.59. The van der Waals surface area contributed by atoms with E-state index in [1.165, 1.54) is 212 Å². The van der Waals surface area contributed by atoms with Crippen molar-refractivity contribution in [2.45, 2.75) is 347 Å². The Kier molecular flexibility index (Phi) is 65.6. The number of esters is 2. The number of carbonyl (C=O) groups excluding carboxylic acids is 3. The van der Waals surface area contributed by atoms with E-state index in [4.69, 9.17) is 18.9 Å². The fraction of sp³-hybridized carbons (Fsp3) is 0.782. The number of hydrogen-bond donors (Lipinski definition) is 0. The molecule has 0 amide bonds. The van der Waals surface area contributed by atoms with Crippen LogP contribution in [0, 0.1) is 0 Å². The van der Waals surface area contributed by atoms with Gasteiger partial charge in [0.05, 0.1) is 40.3 Å². The molecule has 504 valence electrons. The van der Waals surface area contributed by atoms with Crippen LogP contribution in [0.2, 0.25) is 0 Å². The number of rotatable bonds is 68. The van der Waals surface area contributed by atoms with Gasteiger partial charge in [0.1, 0.15) is 13.2 Å². The topological polar surface area (TPSA) is 111 Å². The summed E-state index contributed by atoms with van der Waals surface area (Å²) in [6, 6.07) is 0. The number of ether oxygens (including phenoxy) is 4. The molecule has 0 aliphatic rings. The van der Waals surface area contributed by atoms with E-state index in [1.54, 1.807) is 0 Å². The maximum absolute atomic E-state index is 12.9. The molecule has 87 heavy (non-hydrogen) atoms. The number of quaternary nitrogens is 1. The summed E-state index contributed by atoms with van der Waals surface area (Å²) in [6.07, 6.45) is 89.6. The van der Waals surface area contributed by atoms with E-state index in [-0.39, 0.29) is 32.2 Å². The monoisotopic (exact) mass is 1220 g/mol. The molecule has 0 aromatic carbocycles. The normalized spacial score (nSPS) is 13.2. The molecule has 0 bridgehead atoms.